The molecule has 0 aliphatic carbocycles. The molecule has 0 bridgehead atoms. The van der Waals surface area contributed by atoms with Gasteiger partial charge in [0.25, 0.3) is 0 Å². The van der Waals surface area contributed by atoms with Crippen molar-refractivity contribution in [3.8, 4) is 11.8 Å². The molecule has 0 aromatic heterocycles. The predicted molar refractivity (Wildman–Crippen MR) is 149 cm³/mol. The van der Waals surface area contributed by atoms with Gasteiger partial charge in [-0.2, -0.15) is 5.26 Å². The lowest BCUT2D eigenvalue weighted by atomic mass is 9.92. The number of phenolic OH excluding ortho intramolecular Hbond substituents is 1. The van der Waals surface area contributed by atoms with Crippen LogP contribution in [0, 0.1) is 25.2 Å². The van der Waals surface area contributed by atoms with Crippen molar-refractivity contribution in [1.29, 1.82) is 5.26 Å². The standard InChI is InChI=1S/C30H40N4O5/c1-19-10-9-11-20(2)24(19)25(26(36)33-29(3,4)5)34(17-16-31)27(37)23(32-28(38)39-30(6,7)8)18-21-12-14-22(35)15-13-21/h9-15,23,25,35H,17-18H2,1-8H3,(H,32,38)(H,33,36). The zero-order chi connectivity index (χ0) is 29.5. The second-order valence-corrected chi connectivity index (χ2v) is 11.6. The van der Waals surface area contributed by atoms with Gasteiger partial charge < -0.3 is 25.4 Å². The molecule has 0 saturated carbocycles. The van der Waals surface area contributed by atoms with Crippen molar-refractivity contribution < 1.29 is 24.2 Å². The van der Waals surface area contributed by atoms with Gasteiger partial charge in [-0.3, -0.25) is 9.59 Å². The van der Waals surface area contributed by atoms with Crippen LogP contribution in [0.3, 0.4) is 0 Å². The molecule has 2 atom stereocenters. The lowest BCUT2D eigenvalue weighted by Gasteiger charge is -2.36. The van der Waals surface area contributed by atoms with Gasteiger partial charge in [0.1, 0.15) is 30.0 Å². The highest BCUT2D eigenvalue weighted by Gasteiger charge is 2.38. The molecule has 0 fully saturated rings. The van der Waals surface area contributed by atoms with Gasteiger partial charge in [0.15, 0.2) is 0 Å². The van der Waals surface area contributed by atoms with E-state index in [-0.39, 0.29) is 12.2 Å². The third-order valence-corrected chi connectivity index (χ3v) is 5.76. The molecule has 210 valence electrons. The smallest absolute Gasteiger partial charge is 0.408 e. The number of nitrogens with one attached hydrogen (secondary N) is 2. The zero-order valence-electron chi connectivity index (χ0n) is 24.1. The van der Waals surface area contributed by atoms with Crippen LogP contribution in [0.2, 0.25) is 0 Å². The molecule has 9 heteroatoms. The Labute approximate surface area is 231 Å². The van der Waals surface area contributed by atoms with Crippen molar-refractivity contribution in [2.75, 3.05) is 6.54 Å². The minimum absolute atomic E-state index is 0.0423. The van der Waals surface area contributed by atoms with E-state index in [9.17, 15) is 24.8 Å². The SMILES string of the molecule is Cc1cccc(C)c1C(C(=O)NC(C)(C)C)N(CC#N)C(=O)C(Cc1ccc(O)cc1)NC(=O)OC(C)(C)C. The summed E-state index contributed by atoms with van der Waals surface area (Å²) in [6.07, 6.45) is -0.764. The molecular weight excluding hydrogens is 496 g/mol. The van der Waals surface area contributed by atoms with Crippen molar-refractivity contribution in [2.45, 2.75) is 85.0 Å². The number of aryl methyl sites for hydroxylation is 2. The molecule has 39 heavy (non-hydrogen) atoms. The Morgan fingerprint density at radius 2 is 1.56 bits per heavy atom. The number of alkyl carbamates (subject to hydrolysis) is 1. The average Bonchev–Trinajstić information content (AvgIpc) is 2.78. The monoisotopic (exact) mass is 536 g/mol. The van der Waals surface area contributed by atoms with E-state index >= 15 is 0 Å². The molecule has 3 N–H and O–H groups in total. The number of hydrogen-bond acceptors (Lipinski definition) is 6. The number of ether oxygens (including phenoxy) is 1. The molecule has 2 rings (SSSR count). The van der Waals surface area contributed by atoms with Crippen molar-refractivity contribution in [2.24, 2.45) is 0 Å². The van der Waals surface area contributed by atoms with Crippen molar-refractivity contribution in [3.63, 3.8) is 0 Å². The Hall–Kier alpha value is -4.06. The largest absolute Gasteiger partial charge is 0.508 e. The Bertz CT molecular complexity index is 1200. The van der Waals surface area contributed by atoms with Gasteiger partial charge in [-0.15, -0.1) is 0 Å². The van der Waals surface area contributed by atoms with Crippen LogP contribution in [0.25, 0.3) is 0 Å². The number of aromatic hydroxyl groups is 1. The van der Waals surface area contributed by atoms with Crippen LogP contribution < -0.4 is 10.6 Å². The third-order valence-electron chi connectivity index (χ3n) is 5.76. The van der Waals surface area contributed by atoms with E-state index in [1.54, 1.807) is 32.9 Å². The normalized spacial score (nSPS) is 13.0. The molecule has 0 aliphatic rings. The van der Waals surface area contributed by atoms with E-state index in [0.717, 1.165) is 11.1 Å². The van der Waals surface area contributed by atoms with Crippen molar-refractivity contribution in [1.82, 2.24) is 15.5 Å². The quantitative estimate of drug-likeness (QED) is 0.427. The summed E-state index contributed by atoms with van der Waals surface area (Å²) in [7, 11) is 0. The van der Waals surface area contributed by atoms with Crippen molar-refractivity contribution in [3.05, 3.63) is 64.7 Å². The molecule has 2 aromatic carbocycles. The van der Waals surface area contributed by atoms with E-state index in [1.807, 2.05) is 58.9 Å². The van der Waals surface area contributed by atoms with Gasteiger partial charge in [0, 0.05) is 12.0 Å². The van der Waals surface area contributed by atoms with E-state index in [4.69, 9.17) is 4.74 Å². The van der Waals surface area contributed by atoms with Crippen LogP contribution in [0.15, 0.2) is 42.5 Å². The van der Waals surface area contributed by atoms with Gasteiger partial charge in [-0.25, -0.2) is 4.79 Å². The summed E-state index contributed by atoms with van der Waals surface area (Å²) >= 11 is 0. The lowest BCUT2D eigenvalue weighted by molar-refractivity contribution is -0.142. The topological polar surface area (TPSA) is 132 Å². The van der Waals surface area contributed by atoms with E-state index < -0.39 is 47.7 Å². The van der Waals surface area contributed by atoms with E-state index in [2.05, 4.69) is 10.6 Å². The third kappa shape index (κ3) is 9.32. The Kier molecular flexibility index (Phi) is 10.1. The Balaban J connectivity index is 2.62. The van der Waals surface area contributed by atoms with Gasteiger partial charge in [-0.1, -0.05) is 30.3 Å². The Morgan fingerprint density at radius 1 is 1.00 bits per heavy atom. The average molecular weight is 537 g/mol. The van der Waals surface area contributed by atoms with Crippen LogP contribution in [0.1, 0.15) is 69.8 Å². The minimum atomic E-state index is -1.16. The summed E-state index contributed by atoms with van der Waals surface area (Å²) in [6, 6.07) is 11.5. The van der Waals surface area contributed by atoms with Gasteiger partial charge in [-0.05, 0) is 89.8 Å². The van der Waals surface area contributed by atoms with Gasteiger partial charge in [0.2, 0.25) is 11.8 Å². The van der Waals surface area contributed by atoms with Crippen LogP contribution in [0.4, 0.5) is 4.79 Å². The maximum atomic E-state index is 14.2. The molecular formula is C30H40N4O5. The molecule has 0 aliphatic heterocycles. The summed E-state index contributed by atoms with van der Waals surface area (Å²) in [5.41, 5.74) is 1.43. The van der Waals surface area contributed by atoms with E-state index in [1.165, 1.54) is 17.0 Å². The number of carbonyl (C=O) groups is 3. The van der Waals surface area contributed by atoms with Crippen LogP contribution >= 0.6 is 0 Å². The number of carbonyl (C=O) groups excluding carboxylic acids is 3. The van der Waals surface area contributed by atoms with Gasteiger partial charge >= 0.3 is 6.09 Å². The van der Waals surface area contributed by atoms with Crippen LogP contribution in [-0.2, 0) is 20.7 Å². The summed E-state index contributed by atoms with van der Waals surface area (Å²) in [5.74, 6) is -1.00. The van der Waals surface area contributed by atoms with Crippen molar-refractivity contribution >= 4 is 17.9 Å². The predicted octanol–water partition coefficient (Wildman–Crippen LogP) is 4.45. The van der Waals surface area contributed by atoms with Crippen LogP contribution in [-0.4, -0.2) is 51.6 Å². The number of nitriles is 1. The first kappa shape index (κ1) is 31.2. The highest BCUT2D eigenvalue weighted by Crippen LogP contribution is 2.29. The molecule has 0 radical (unpaired) electrons. The molecule has 0 spiro atoms. The maximum Gasteiger partial charge on any atom is 0.408 e. The fraction of sp³-hybridized carbons (Fsp3) is 0.467. The molecule has 0 heterocycles. The first-order valence-corrected chi connectivity index (χ1v) is 12.9. The number of hydrogen-bond donors (Lipinski definition) is 3. The highest BCUT2D eigenvalue weighted by atomic mass is 16.6. The molecule has 2 aromatic rings. The Morgan fingerprint density at radius 3 is 2.05 bits per heavy atom. The lowest BCUT2D eigenvalue weighted by Crippen LogP contribution is -2.55. The molecule has 3 amide bonds. The summed E-state index contributed by atoms with van der Waals surface area (Å²) in [5, 5.41) is 25.0. The van der Waals surface area contributed by atoms with E-state index in [0.29, 0.717) is 11.1 Å². The fourth-order valence-corrected chi connectivity index (χ4v) is 4.22. The minimum Gasteiger partial charge on any atom is -0.508 e. The molecule has 2 unspecified atom stereocenters. The maximum absolute atomic E-state index is 14.2. The van der Waals surface area contributed by atoms with Crippen LogP contribution in [0.5, 0.6) is 5.75 Å². The number of benzene rings is 2. The molecule has 0 saturated heterocycles. The highest BCUT2D eigenvalue weighted by molar-refractivity contribution is 5.93. The summed E-state index contributed by atoms with van der Waals surface area (Å²) < 4.78 is 5.41. The first-order chi connectivity index (χ1) is 18.0. The second kappa shape index (κ2) is 12.7. The number of nitrogens with zero attached hydrogens (tertiary/aromatic N) is 2. The fourth-order valence-electron chi connectivity index (χ4n) is 4.22. The first-order valence-electron chi connectivity index (χ1n) is 12.9. The zero-order valence-corrected chi connectivity index (χ0v) is 24.1. The number of amides is 3. The summed E-state index contributed by atoms with van der Waals surface area (Å²) in [6.45, 7) is 13.9. The van der Waals surface area contributed by atoms with Gasteiger partial charge in [0.05, 0.1) is 6.07 Å². The number of phenols is 1. The number of rotatable bonds is 8. The molecule has 9 nitrogen and oxygen atoms in total. The second-order valence-electron chi connectivity index (χ2n) is 11.6. The summed E-state index contributed by atoms with van der Waals surface area (Å²) in [4.78, 5) is 41.9.